The van der Waals surface area contributed by atoms with Crippen molar-refractivity contribution in [1.29, 1.82) is 0 Å². The average molecular weight is 267 g/mol. The van der Waals surface area contributed by atoms with Gasteiger partial charge in [-0.05, 0) is 6.08 Å². The average Bonchev–Trinajstić information content (AvgIpc) is 2.70. The molecule has 0 saturated carbocycles. The predicted molar refractivity (Wildman–Crippen MR) is 64.1 cm³/mol. The van der Waals surface area contributed by atoms with Gasteiger partial charge in [0.15, 0.2) is 0 Å². The number of carboxylic acids is 2. The summed E-state index contributed by atoms with van der Waals surface area (Å²) < 4.78 is 1.54. The fraction of sp³-hybridized carbons (Fsp3) is 0.273. The van der Waals surface area contributed by atoms with Crippen LogP contribution in [0.25, 0.3) is 6.08 Å². The van der Waals surface area contributed by atoms with E-state index in [2.05, 4.69) is 5.10 Å². The highest BCUT2D eigenvalue weighted by atomic mass is 16.4. The number of amides is 1. The first-order valence-corrected chi connectivity index (χ1v) is 5.27. The summed E-state index contributed by atoms with van der Waals surface area (Å²) in [6, 6.07) is 0. The SMILES string of the molecule is Cn1cc(C=CC(=O)N(CC(=O)O)CC(=O)O)cn1. The van der Waals surface area contributed by atoms with Crippen molar-refractivity contribution in [2.45, 2.75) is 0 Å². The predicted octanol–water partition coefficient (Wildman–Crippen LogP) is -0.569. The van der Waals surface area contributed by atoms with Gasteiger partial charge in [-0.15, -0.1) is 0 Å². The van der Waals surface area contributed by atoms with E-state index in [1.165, 1.54) is 17.0 Å². The van der Waals surface area contributed by atoms with Gasteiger partial charge in [0.2, 0.25) is 5.91 Å². The zero-order valence-corrected chi connectivity index (χ0v) is 10.2. The van der Waals surface area contributed by atoms with Crippen LogP contribution in [0, 0.1) is 0 Å². The van der Waals surface area contributed by atoms with Crippen LogP contribution in [0.4, 0.5) is 0 Å². The van der Waals surface area contributed by atoms with E-state index in [4.69, 9.17) is 10.2 Å². The molecule has 19 heavy (non-hydrogen) atoms. The minimum Gasteiger partial charge on any atom is -0.480 e. The molecule has 0 bridgehead atoms. The van der Waals surface area contributed by atoms with Crippen LogP contribution >= 0.6 is 0 Å². The van der Waals surface area contributed by atoms with Gasteiger partial charge >= 0.3 is 11.9 Å². The summed E-state index contributed by atoms with van der Waals surface area (Å²) in [5.74, 6) is -3.23. The molecule has 8 nitrogen and oxygen atoms in total. The van der Waals surface area contributed by atoms with Crippen molar-refractivity contribution in [3.8, 4) is 0 Å². The van der Waals surface area contributed by atoms with Crippen LogP contribution in [0.2, 0.25) is 0 Å². The Hall–Kier alpha value is -2.64. The van der Waals surface area contributed by atoms with Gasteiger partial charge in [0.1, 0.15) is 13.1 Å². The molecule has 0 radical (unpaired) electrons. The third kappa shape index (κ3) is 5.02. The fourth-order valence-electron chi connectivity index (χ4n) is 1.34. The van der Waals surface area contributed by atoms with Crippen molar-refractivity contribution in [1.82, 2.24) is 14.7 Å². The molecule has 2 N–H and O–H groups in total. The highest BCUT2D eigenvalue weighted by molar-refractivity contribution is 5.95. The Labute approximate surface area is 108 Å². The van der Waals surface area contributed by atoms with Gasteiger partial charge in [-0.2, -0.15) is 5.10 Å². The topological polar surface area (TPSA) is 113 Å². The van der Waals surface area contributed by atoms with Crippen molar-refractivity contribution in [3.05, 3.63) is 24.0 Å². The minimum absolute atomic E-state index is 0.654. The van der Waals surface area contributed by atoms with E-state index < -0.39 is 30.9 Å². The molecule has 0 aromatic carbocycles. The lowest BCUT2D eigenvalue weighted by Crippen LogP contribution is -2.38. The first kappa shape index (κ1) is 14.4. The van der Waals surface area contributed by atoms with E-state index in [1.807, 2.05) is 0 Å². The molecule has 1 aromatic rings. The normalized spacial score (nSPS) is 10.6. The van der Waals surface area contributed by atoms with Crippen LogP contribution in [0.15, 0.2) is 18.5 Å². The Morgan fingerprint density at radius 1 is 1.32 bits per heavy atom. The molecule has 1 heterocycles. The monoisotopic (exact) mass is 267 g/mol. The van der Waals surface area contributed by atoms with Gasteiger partial charge in [0.25, 0.3) is 0 Å². The molecule has 1 rings (SSSR count). The number of carbonyl (C=O) groups excluding carboxylic acids is 1. The molecular formula is C11H13N3O5. The highest BCUT2D eigenvalue weighted by Crippen LogP contribution is 2.01. The summed E-state index contributed by atoms with van der Waals surface area (Å²) in [7, 11) is 1.71. The quantitative estimate of drug-likeness (QED) is 0.667. The van der Waals surface area contributed by atoms with Gasteiger partial charge in [-0.25, -0.2) is 0 Å². The number of aryl methyl sites for hydroxylation is 1. The van der Waals surface area contributed by atoms with Crippen molar-refractivity contribution in [2.75, 3.05) is 13.1 Å². The maximum Gasteiger partial charge on any atom is 0.323 e. The molecule has 0 aliphatic rings. The molecule has 8 heteroatoms. The van der Waals surface area contributed by atoms with Crippen molar-refractivity contribution in [2.24, 2.45) is 7.05 Å². The largest absolute Gasteiger partial charge is 0.480 e. The summed E-state index contributed by atoms with van der Waals surface area (Å²) in [4.78, 5) is 33.5. The second-order valence-electron chi connectivity index (χ2n) is 3.76. The Morgan fingerprint density at radius 3 is 2.32 bits per heavy atom. The number of aromatic nitrogens is 2. The maximum atomic E-state index is 11.7. The molecule has 0 saturated heterocycles. The lowest BCUT2D eigenvalue weighted by atomic mass is 10.3. The molecular weight excluding hydrogens is 254 g/mol. The number of carbonyl (C=O) groups is 3. The van der Waals surface area contributed by atoms with Crippen molar-refractivity contribution < 1.29 is 24.6 Å². The highest BCUT2D eigenvalue weighted by Gasteiger charge is 2.17. The summed E-state index contributed by atoms with van der Waals surface area (Å²) in [5, 5.41) is 21.1. The number of nitrogens with zero attached hydrogens (tertiary/aromatic N) is 3. The van der Waals surface area contributed by atoms with E-state index in [1.54, 1.807) is 13.2 Å². The molecule has 1 amide bonds. The Bertz CT molecular complexity index is 504. The standard InChI is InChI=1S/C11H13N3O5/c1-13-5-8(4-12-13)2-3-9(15)14(6-10(16)17)7-11(18)19/h2-5H,6-7H2,1H3,(H,16,17)(H,18,19). The van der Waals surface area contributed by atoms with Crippen molar-refractivity contribution in [3.63, 3.8) is 0 Å². The zero-order chi connectivity index (χ0) is 14.4. The molecule has 1 aromatic heterocycles. The Kier molecular flexibility index (Phi) is 4.81. The first-order valence-electron chi connectivity index (χ1n) is 5.27. The van der Waals surface area contributed by atoms with Crippen LogP contribution in [0.5, 0.6) is 0 Å². The molecule has 0 unspecified atom stereocenters. The molecule has 0 aliphatic carbocycles. The smallest absolute Gasteiger partial charge is 0.323 e. The van der Waals surface area contributed by atoms with E-state index in [-0.39, 0.29) is 0 Å². The summed E-state index contributed by atoms with van der Waals surface area (Å²) in [5.41, 5.74) is 0.654. The van der Waals surface area contributed by atoms with E-state index in [0.717, 1.165) is 11.0 Å². The fourth-order valence-corrected chi connectivity index (χ4v) is 1.34. The van der Waals surface area contributed by atoms with Gasteiger partial charge in [-0.1, -0.05) is 0 Å². The van der Waals surface area contributed by atoms with Gasteiger partial charge in [-0.3, -0.25) is 19.1 Å². The number of carboxylic acid groups (broad SMARTS) is 2. The van der Waals surface area contributed by atoms with Gasteiger partial charge in [0.05, 0.1) is 6.20 Å². The van der Waals surface area contributed by atoms with Crippen LogP contribution in [-0.2, 0) is 21.4 Å². The van der Waals surface area contributed by atoms with Gasteiger partial charge in [0, 0.05) is 24.9 Å². The molecule has 0 atom stereocenters. The summed E-state index contributed by atoms with van der Waals surface area (Å²) in [6.45, 7) is -1.33. The zero-order valence-electron chi connectivity index (χ0n) is 10.2. The number of aliphatic carboxylic acids is 2. The molecule has 0 fully saturated rings. The number of hydrogen-bond donors (Lipinski definition) is 2. The van der Waals surface area contributed by atoms with Crippen molar-refractivity contribution >= 4 is 23.9 Å². The summed E-state index contributed by atoms with van der Waals surface area (Å²) >= 11 is 0. The Morgan fingerprint density at radius 2 is 1.89 bits per heavy atom. The Balaban J connectivity index is 2.73. The molecule has 102 valence electrons. The molecule has 0 aliphatic heterocycles. The van der Waals surface area contributed by atoms with Crippen LogP contribution in [0.1, 0.15) is 5.56 Å². The van der Waals surface area contributed by atoms with Crippen LogP contribution in [-0.4, -0.2) is 55.8 Å². The molecule has 0 spiro atoms. The van der Waals surface area contributed by atoms with E-state index in [9.17, 15) is 14.4 Å². The number of rotatable bonds is 6. The third-order valence-electron chi connectivity index (χ3n) is 2.11. The second-order valence-corrected chi connectivity index (χ2v) is 3.76. The van der Waals surface area contributed by atoms with Crippen LogP contribution in [0.3, 0.4) is 0 Å². The van der Waals surface area contributed by atoms with E-state index in [0.29, 0.717) is 5.56 Å². The lowest BCUT2D eigenvalue weighted by molar-refractivity contribution is -0.147. The lowest BCUT2D eigenvalue weighted by Gasteiger charge is -2.15. The van der Waals surface area contributed by atoms with Crippen LogP contribution < -0.4 is 0 Å². The maximum absolute atomic E-state index is 11.7. The minimum atomic E-state index is -1.27. The number of hydrogen-bond acceptors (Lipinski definition) is 4. The summed E-state index contributed by atoms with van der Waals surface area (Å²) in [6.07, 6.45) is 5.72. The van der Waals surface area contributed by atoms with E-state index >= 15 is 0 Å². The van der Waals surface area contributed by atoms with Gasteiger partial charge < -0.3 is 15.1 Å². The first-order chi connectivity index (χ1) is 8.88. The second kappa shape index (κ2) is 6.34. The third-order valence-corrected chi connectivity index (χ3v) is 2.11.